The maximum Gasteiger partial charge on any atom is 0.416 e. The van der Waals surface area contributed by atoms with Crippen LogP contribution in [0.25, 0.3) is 11.0 Å². The minimum absolute atomic E-state index is 0.0711. The molecular formula is C21H15F4N5O. The summed E-state index contributed by atoms with van der Waals surface area (Å²) in [5.74, 6) is -1.46. The van der Waals surface area contributed by atoms with E-state index in [1.165, 1.54) is 12.1 Å². The van der Waals surface area contributed by atoms with Crippen LogP contribution in [-0.2, 0) is 12.7 Å². The lowest BCUT2D eigenvalue weighted by Gasteiger charge is -2.13. The van der Waals surface area contributed by atoms with Gasteiger partial charge in [0, 0.05) is 30.0 Å². The number of pyridine rings is 2. The predicted octanol–water partition coefficient (Wildman–Crippen LogP) is 4.98. The molecule has 0 fully saturated rings. The van der Waals surface area contributed by atoms with Crippen molar-refractivity contribution in [1.29, 1.82) is 0 Å². The minimum Gasteiger partial charge on any atom is -0.365 e. The first-order valence-electron chi connectivity index (χ1n) is 9.10. The van der Waals surface area contributed by atoms with Crippen molar-refractivity contribution >= 4 is 28.4 Å². The summed E-state index contributed by atoms with van der Waals surface area (Å²) in [6.45, 7) is 0.263. The SMILES string of the molecule is O=C(Nc1cccc(C(F)(F)F)c1)c1cc(F)cnc1NCc1ccnc2[nH]ccc12. The number of halogens is 4. The predicted molar refractivity (Wildman–Crippen MR) is 107 cm³/mol. The van der Waals surface area contributed by atoms with Crippen molar-refractivity contribution in [2.45, 2.75) is 12.7 Å². The zero-order chi connectivity index (χ0) is 22.0. The first-order chi connectivity index (χ1) is 14.8. The van der Waals surface area contributed by atoms with E-state index in [-0.39, 0.29) is 23.6 Å². The van der Waals surface area contributed by atoms with E-state index in [1.807, 2.05) is 6.07 Å². The van der Waals surface area contributed by atoms with Crippen molar-refractivity contribution in [3.05, 3.63) is 83.6 Å². The van der Waals surface area contributed by atoms with Gasteiger partial charge in [-0.3, -0.25) is 4.79 Å². The van der Waals surface area contributed by atoms with Crippen molar-refractivity contribution in [2.24, 2.45) is 0 Å². The Kier molecular flexibility index (Phi) is 5.28. The highest BCUT2D eigenvalue weighted by Gasteiger charge is 2.30. The number of carbonyl (C=O) groups excluding carboxylic acids is 1. The molecule has 0 aliphatic rings. The number of fused-ring (bicyclic) bond motifs is 1. The van der Waals surface area contributed by atoms with E-state index in [1.54, 1.807) is 18.5 Å². The summed E-state index contributed by atoms with van der Waals surface area (Å²) in [5.41, 5.74) is 0.430. The molecule has 3 N–H and O–H groups in total. The number of rotatable bonds is 5. The fourth-order valence-corrected chi connectivity index (χ4v) is 3.08. The minimum atomic E-state index is -4.55. The third-order valence-corrected chi connectivity index (χ3v) is 4.54. The number of hydrogen-bond acceptors (Lipinski definition) is 4. The van der Waals surface area contributed by atoms with Crippen LogP contribution in [0, 0.1) is 5.82 Å². The summed E-state index contributed by atoms with van der Waals surface area (Å²) >= 11 is 0. The third-order valence-electron chi connectivity index (χ3n) is 4.54. The molecule has 0 spiro atoms. The van der Waals surface area contributed by atoms with Gasteiger partial charge in [-0.15, -0.1) is 0 Å². The Morgan fingerprint density at radius 3 is 2.74 bits per heavy atom. The van der Waals surface area contributed by atoms with Crippen LogP contribution in [0.4, 0.5) is 29.1 Å². The van der Waals surface area contributed by atoms with Crippen molar-refractivity contribution in [3.63, 3.8) is 0 Å². The van der Waals surface area contributed by atoms with Gasteiger partial charge in [0.2, 0.25) is 0 Å². The summed E-state index contributed by atoms with van der Waals surface area (Å²) < 4.78 is 52.5. The van der Waals surface area contributed by atoms with E-state index in [9.17, 15) is 22.4 Å². The first kappa shape index (κ1) is 20.3. The first-order valence-corrected chi connectivity index (χ1v) is 9.10. The van der Waals surface area contributed by atoms with E-state index >= 15 is 0 Å². The fourth-order valence-electron chi connectivity index (χ4n) is 3.08. The largest absolute Gasteiger partial charge is 0.416 e. The van der Waals surface area contributed by atoms with E-state index in [4.69, 9.17) is 0 Å². The molecule has 0 radical (unpaired) electrons. The molecular weight excluding hydrogens is 414 g/mol. The fraction of sp³-hybridized carbons (Fsp3) is 0.0952. The topological polar surface area (TPSA) is 82.7 Å². The molecule has 0 aliphatic carbocycles. The molecule has 0 aliphatic heterocycles. The van der Waals surface area contributed by atoms with Crippen LogP contribution in [0.5, 0.6) is 0 Å². The van der Waals surface area contributed by atoms with Gasteiger partial charge in [0.25, 0.3) is 5.91 Å². The second-order valence-corrected chi connectivity index (χ2v) is 6.65. The number of hydrogen-bond donors (Lipinski definition) is 3. The number of nitrogens with zero attached hydrogens (tertiary/aromatic N) is 2. The number of carbonyl (C=O) groups is 1. The van der Waals surface area contributed by atoms with Crippen LogP contribution in [0.2, 0.25) is 0 Å². The molecule has 0 saturated carbocycles. The Hall–Kier alpha value is -3.95. The average Bonchev–Trinajstić information content (AvgIpc) is 3.22. The molecule has 158 valence electrons. The number of aromatic amines is 1. The van der Waals surface area contributed by atoms with Crippen LogP contribution >= 0.6 is 0 Å². The Bertz CT molecular complexity index is 1250. The lowest BCUT2D eigenvalue weighted by molar-refractivity contribution is -0.137. The molecule has 4 rings (SSSR count). The van der Waals surface area contributed by atoms with Crippen molar-refractivity contribution in [1.82, 2.24) is 15.0 Å². The van der Waals surface area contributed by atoms with Crippen LogP contribution < -0.4 is 10.6 Å². The maximum atomic E-state index is 13.8. The normalized spacial score (nSPS) is 11.5. The van der Waals surface area contributed by atoms with Gasteiger partial charge in [-0.2, -0.15) is 13.2 Å². The number of H-pyrrole nitrogens is 1. The van der Waals surface area contributed by atoms with Gasteiger partial charge < -0.3 is 15.6 Å². The third kappa shape index (κ3) is 4.47. The Morgan fingerprint density at radius 1 is 1.10 bits per heavy atom. The van der Waals surface area contributed by atoms with Gasteiger partial charge in [0.1, 0.15) is 17.3 Å². The van der Waals surface area contributed by atoms with Crippen LogP contribution in [0.1, 0.15) is 21.5 Å². The molecule has 1 aromatic carbocycles. The average molecular weight is 429 g/mol. The van der Waals surface area contributed by atoms with Gasteiger partial charge in [-0.25, -0.2) is 14.4 Å². The Balaban J connectivity index is 1.57. The quantitative estimate of drug-likeness (QED) is 0.391. The van der Waals surface area contributed by atoms with E-state index in [2.05, 4.69) is 25.6 Å². The van der Waals surface area contributed by atoms with E-state index in [0.29, 0.717) is 5.65 Å². The Morgan fingerprint density at radius 2 is 1.94 bits per heavy atom. The van der Waals surface area contributed by atoms with Crippen LogP contribution in [-0.4, -0.2) is 20.9 Å². The molecule has 10 heteroatoms. The van der Waals surface area contributed by atoms with Gasteiger partial charge in [-0.05, 0) is 42.0 Å². The summed E-state index contributed by atoms with van der Waals surface area (Å²) in [7, 11) is 0. The van der Waals surface area contributed by atoms with Gasteiger partial charge in [-0.1, -0.05) is 6.07 Å². The van der Waals surface area contributed by atoms with E-state index in [0.717, 1.165) is 35.3 Å². The number of amides is 1. The molecule has 31 heavy (non-hydrogen) atoms. The van der Waals surface area contributed by atoms with Gasteiger partial charge in [0.15, 0.2) is 0 Å². The number of anilines is 2. The smallest absolute Gasteiger partial charge is 0.365 e. The zero-order valence-corrected chi connectivity index (χ0v) is 15.8. The lowest BCUT2D eigenvalue weighted by atomic mass is 10.1. The van der Waals surface area contributed by atoms with Crippen molar-refractivity contribution in [3.8, 4) is 0 Å². The molecule has 4 aromatic rings. The number of nitrogens with one attached hydrogen (secondary N) is 3. The maximum absolute atomic E-state index is 13.8. The van der Waals surface area contributed by atoms with Crippen LogP contribution in [0.3, 0.4) is 0 Å². The molecule has 0 bridgehead atoms. The Labute approximate surface area is 173 Å². The number of alkyl halides is 3. The monoisotopic (exact) mass is 429 g/mol. The molecule has 0 unspecified atom stereocenters. The van der Waals surface area contributed by atoms with Crippen molar-refractivity contribution < 1.29 is 22.4 Å². The van der Waals surface area contributed by atoms with Gasteiger partial charge >= 0.3 is 6.18 Å². The van der Waals surface area contributed by atoms with Gasteiger partial charge in [0.05, 0.1) is 17.3 Å². The molecule has 0 atom stereocenters. The lowest BCUT2D eigenvalue weighted by Crippen LogP contribution is -2.17. The summed E-state index contributed by atoms with van der Waals surface area (Å²) in [5, 5.41) is 6.21. The second-order valence-electron chi connectivity index (χ2n) is 6.65. The van der Waals surface area contributed by atoms with Crippen molar-refractivity contribution in [2.75, 3.05) is 10.6 Å². The molecule has 0 saturated heterocycles. The zero-order valence-electron chi connectivity index (χ0n) is 15.8. The van der Waals surface area contributed by atoms with E-state index < -0.39 is 23.5 Å². The highest BCUT2D eigenvalue weighted by molar-refractivity contribution is 6.07. The highest BCUT2D eigenvalue weighted by atomic mass is 19.4. The molecule has 3 heterocycles. The molecule has 3 aromatic heterocycles. The number of aromatic nitrogens is 3. The molecule has 6 nitrogen and oxygen atoms in total. The highest BCUT2D eigenvalue weighted by Crippen LogP contribution is 2.31. The molecule has 1 amide bonds. The summed E-state index contributed by atoms with van der Waals surface area (Å²) in [6, 6.07) is 8.78. The summed E-state index contributed by atoms with van der Waals surface area (Å²) in [6.07, 6.45) is -0.246. The standard InChI is InChI=1S/C21H15F4N5O/c22-14-9-17(20(31)30-15-3-1-2-13(8-15)21(23,24)25)19(29-11-14)28-10-12-4-6-26-18-16(12)5-7-27-18/h1-9,11H,10H2,(H,26,27)(H,28,29)(H,30,31). The second kappa shape index (κ2) is 8.05. The van der Waals surface area contributed by atoms with Crippen LogP contribution in [0.15, 0.2) is 61.1 Å². The number of benzene rings is 1. The summed E-state index contributed by atoms with van der Waals surface area (Å²) in [4.78, 5) is 23.8.